The summed E-state index contributed by atoms with van der Waals surface area (Å²) in [5, 5.41) is 4.64. The van der Waals surface area contributed by atoms with Crippen molar-refractivity contribution in [2.24, 2.45) is 0 Å². The molecule has 0 saturated carbocycles. The molecule has 0 aliphatic heterocycles. The molecular weight excluding hydrogens is 368 g/mol. The fraction of sp³-hybridized carbons (Fsp3) is 0.421. The Balaban J connectivity index is 2.02. The van der Waals surface area contributed by atoms with Crippen molar-refractivity contribution in [2.45, 2.75) is 53.4 Å². The van der Waals surface area contributed by atoms with Crippen molar-refractivity contribution in [2.75, 3.05) is 0 Å². The van der Waals surface area contributed by atoms with Gasteiger partial charge < -0.3 is 19.8 Å². The molecular formula is C19H24N2O5S. The first-order valence-corrected chi connectivity index (χ1v) is 9.49. The first kappa shape index (κ1) is 20.7. The van der Waals surface area contributed by atoms with Gasteiger partial charge in [0.15, 0.2) is 6.10 Å². The van der Waals surface area contributed by atoms with Crippen molar-refractivity contribution < 1.29 is 23.9 Å². The third-order valence-electron chi connectivity index (χ3n) is 3.86. The van der Waals surface area contributed by atoms with Gasteiger partial charge in [-0.05, 0) is 51.6 Å². The lowest BCUT2D eigenvalue weighted by Crippen LogP contribution is -2.35. The largest absolute Gasteiger partial charge is 0.459 e. The molecule has 27 heavy (non-hydrogen) atoms. The normalized spacial score (nSPS) is 11.9. The highest BCUT2D eigenvalue weighted by molar-refractivity contribution is 7.09. The molecule has 7 nitrogen and oxygen atoms in total. The maximum Gasteiger partial charge on any atom is 0.355 e. The van der Waals surface area contributed by atoms with Crippen LogP contribution in [0.1, 0.15) is 57.8 Å². The molecule has 0 fully saturated rings. The van der Waals surface area contributed by atoms with Crippen molar-refractivity contribution in [1.29, 1.82) is 0 Å². The monoisotopic (exact) mass is 392 g/mol. The summed E-state index contributed by atoms with van der Waals surface area (Å²) in [4.78, 5) is 40.6. The number of hydrogen-bond acceptors (Lipinski definition) is 6. The van der Waals surface area contributed by atoms with Crippen LogP contribution in [0.15, 0.2) is 17.5 Å². The maximum absolute atomic E-state index is 12.4. The van der Waals surface area contributed by atoms with E-state index in [4.69, 9.17) is 9.47 Å². The second kappa shape index (κ2) is 8.85. The SMILES string of the molecule is Cc1[nH]c(C(=O)O[C@H](C)C(=O)NCc2cccs2)c(C)c1C(=O)OC(C)C. The van der Waals surface area contributed by atoms with Crippen molar-refractivity contribution >= 4 is 29.2 Å². The minimum absolute atomic E-state index is 0.140. The van der Waals surface area contributed by atoms with E-state index in [9.17, 15) is 14.4 Å². The molecule has 1 atom stereocenters. The maximum atomic E-state index is 12.4. The lowest BCUT2D eigenvalue weighted by molar-refractivity contribution is -0.129. The van der Waals surface area contributed by atoms with E-state index in [1.165, 1.54) is 18.3 Å². The molecule has 0 saturated heterocycles. The van der Waals surface area contributed by atoms with E-state index < -0.39 is 23.9 Å². The second-order valence-corrected chi connectivity index (χ2v) is 7.46. The number of nitrogens with one attached hydrogen (secondary N) is 2. The molecule has 0 aromatic carbocycles. The van der Waals surface area contributed by atoms with E-state index in [1.807, 2.05) is 17.5 Å². The van der Waals surface area contributed by atoms with Gasteiger partial charge in [0.1, 0.15) is 5.69 Å². The predicted molar refractivity (Wildman–Crippen MR) is 102 cm³/mol. The Labute approximate surface area is 162 Å². The number of aromatic nitrogens is 1. The molecule has 2 aromatic heterocycles. The average molecular weight is 392 g/mol. The molecule has 0 aliphatic rings. The summed E-state index contributed by atoms with van der Waals surface area (Å²) in [6.45, 7) is 8.70. The van der Waals surface area contributed by atoms with Gasteiger partial charge in [0.25, 0.3) is 5.91 Å². The zero-order chi connectivity index (χ0) is 20.1. The van der Waals surface area contributed by atoms with Crippen LogP contribution >= 0.6 is 11.3 Å². The van der Waals surface area contributed by atoms with Crippen LogP contribution in [-0.4, -0.2) is 35.0 Å². The molecule has 0 unspecified atom stereocenters. The number of amides is 1. The first-order valence-electron chi connectivity index (χ1n) is 8.62. The van der Waals surface area contributed by atoms with E-state index in [0.29, 0.717) is 23.4 Å². The number of H-pyrrole nitrogens is 1. The summed E-state index contributed by atoms with van der Waals surface area (Å²) >= 11 is 1.53. The standard InChI is InChI=1S/C19H24N2O5S/c1-10(2)25-18(23)15-11(3)16(21-12(15)4)19(24)26-13(5)17(22)20-9-14-7-6-8-27-14/h6-8,10,13,21H,9H2,1-5H3,(H,20,22)/t13-/m1/s1. The van der Waals surface area contributed by atoms with Crippen LogP contribution in [0.5, 0.6) is 0 Å². The summed E-state index contributed by atoms with van der Waals surface area (Å²) in [6, 6.07) is 3.80. The molecule has 2 heterocycles. The van der Waals surface area contributed by atoms with Gasteiger partial charge in [0, 0.05) is 10.6 Å². The van der Waals surface area contributed by atoms with Crippen LogP contribution in [0.4, 0.5) is 0 Å². The number of ether oxygens (including phenoxy) is 2. The van der Waals surface area contributed by atoms with Crippen molar-refractivity contribution in [3.8, 4) is 0 Å². The van der Waals surface area contributed by atoms with E-state index in [0.717, 1.165) is 4.88 Å². The van der Waals surface area contributed by atoms with Crippen molar-refractivity contribution in [3.05, 3.63) is 44.9 Å². The topological polar surface area (TPSA) is 97.5 Å². The van der Waals surface area contributed by atoms with Crippen LogP contribution in [-0.2, 0) is 20.8 Å². The number of aromatic amines is 1. The number of carbonyl (C=O) groups is 3. The highest BCUT2D eigenvalue weighted by atomic mass is 32.1. The van der Waals surface area contributed by atoms with Crippen molar-refractivity contribution in [3.63, 3.8) is 0 Å². The van der Waals surface area contributed by atoms with Gasteiger partial charge >= 0.3 is 11.9 Å². The Morgan fingerprint density at radius 3 is 2.44 bits per heavy atom. The first-order chi connectivity index (χ1) is 12.7. The van der Waals surface area contributed by atoms with Gasteiger partial charge in [0.2, 0.25) is 0 Å². The molecule has 146 valence electrons. The molecule has 0 bridgehead atoms. The van der Waals surface area contributed by atoms with Crippen LogP contribution in [0.3, 0.4) is 0 Å². The van der Waals surface area contributed by atoms with Gasteiger partial charge in [-0.3, -0.25) is 4.79 Å². The minimum atomic E-state index is -0.966. The van der Waals surface area contributed by atoms with E-state index in [-0.39, 0.29) is 11.8 Å². The van der Waals surface area contributed by atoms with E-state index in [2.05, 4.69) is 10.3 Å². The molecule has 2 aromatic rings. The predicted octanol–water partition coefficient (Wildman–Crippen LogP) is 3.12. The lowest BCUT2D eigenvalue weighted by Gasteiger charge is -2.13. The third kappa shape index (κ3) is 5.19. The van der Waals surface area contributed by atoms with Gasteiger partial charge in [-0.15, -0.1) is 11.3 Å². The summed E-state index contributed by atoms with van der Waals surface area (Å²) in [5.74, 6) is -1.59. The van der Waals surface area contributed by atoms with Crippen LogP contribution in [0.2, 0.25) is 0 Å². The van der Waals surface area contributed by atoms with Gasteiger partial charge in [0.05, 0.1) is 18.2 Å². The number of thiophene rings is 1. The Morgan fingerprint density at radius 2 is 1.85 bits per heavy atom. The third-order valence-corrected chi connectivity index (χ3v) is 4.73. The highest BCUT2D eigenvalue weighted by Crippen LogP contribution is 2.21. The van der Waals surface area contributed by atoms with E-state index >= 15 is 0 Å². The molecule has 0 aliphatic carbocycles. The second-order valence-electron chi connectivity index (χ2n) is 6.42. The number of esters is 2. The van der Waals surface area contributed by atoms with Crippen LogP contribution < -0.4 is 5.32 Å². The van der Waals surface area contributed by atoms with Gasteiger partial charge in [-0.2, -0.15) is 0 Å². The molecule has 0 radical (unpaired) electrons. The number of rotatable bonds is 7. The summed E-state index contributed by atoms with van der Waals surface area (Å²) in [5.41, 5.74) is 1.40. The molecule has 1 amide bonds. The number of aryl methyl sites for hydroxylation is 1. The zero-order valence-corrected chi connectivity index (χ0v) is 16.9. The molecule has 2 N–H and O–H groups in total. The smallest absolute Gasteiger partial charge is 0.355 e. The van der Waals surface area contributed by atoms with Gasteiger partial charge in [-0.1, -0.05) is 6.07 Å². The summed E-state index contributed by atoms with van der Waals surface area (Å²) < 4.78 is 10.5. The quantitative estimate of drug-likeness (QED) is 0.706. The Morgan fingerprint density at radius 1 is 1.15 bits per heavy atom. The summed E-state index contributed by atoms with van der Waals surface area (Å²) in [7, 11) is 0. The Bertz CT molecular complexity index is 824. The number of carbonyl (C=O) groups excluding carboxylic acids is 3. The Kier molecular flexibility index (Phi) is 6.79. The van der Waals surface area contributed by atoms with Crippen LogP contribution in [0, 0.1) is 13.8 Å². The van der Waals surface area contributed by atoms with Crippen molar-refractivity contribution in [1.82, 2.24) is 10.3 Å². The minimum Gasteiger partial charge on any atom is -0.459 e. The highest BCUT2D eigenvalue weighted by Gasteiger charge is 2.26. The average Bonchev–Trinajstić information content (AvgIpc) is 3.19. The lowest BCUT2D eigenvalue weighted by atomic mass is 10.1. The fourth-order valence-electron chi connectivity index (χ4n) is 2.54. The number of hydrogen-bond donors (Lipinski definition) is 2. The molecule has 0 spiro atoms. The Hall–Kier alpha value is -2.61. The van der Waals surface area contributed by atoms with Gasteiger partial charge in [-0.25, -0.2) is 9.59 Å². The summed E-state index contributed by atoms with van der Waals surface area (Å²) in [6.07, 6.45) is -1.24. The molecule has 8 heteroatoms. The van der Waals surface area contributed by atoms with E-state index in [1.54, 1.807) is 27.7 Å². The van der Waals surface area contributed by atoms with Crippen LogP contribution in [0.25, 0.3) is 0 Å². The fourth-order valence-corrected chi connectivity index (χ4v) is 3.18. The molecule has 2 rings (SSSR count). The zero-order valence-electron chi connectivity index (χ0n) is 16.0.